The van der Waals surface area contributed by atoms with Crippen molar-refractivity contribution in [2.45, 2.75) is 20.0 Å². The van der Waals surface area contributed by atoms with E-state index in [0.717, 1.165) is 22.4 Å². The van der Waals surface area contributed by atoms with Crippen molar-refractivity contribution in [2.75, 3.05) is 14.1 Å². The largest absolute Gasteiger partial charge is 0.459 e. The Bertz CT molecular complexity index is 855. The Hall–Kier alpha value is -2.83. The lowest BCUT2D eigenvalue weighted by molar-refractivity contribution is 0.390. The van der Waals surface area contributed by atoms with E-state index >= 15 is 0 Å². The molecular formula is C17H19FN4O2. The Morgan fingerprint density at radius 3 is 2.92 bits per heavy atom. The third kappa shape index (κ3) is 3.24. The summed E-state index contributed by atoms with van der Waals surface area (Å²) >= 11 is 0. The molecule has 2 aromatic heterocycles. The molecule has 0 fully saturated rings. The van der Waals surface area contributed by atoms with E-state index in [4.69, 9.17) is 8.94 Å². The Kier molecular flexibility index (Phi) is 4.50. The standard InChI is InChI=1S/C17H19FN4O2/c1-11-14-8-12(18)4-5-15(14)24-16(11)9-20-17(19-2)22(3)10-13-6-7-23-21-13/h4-8H,9-10H2,1-3H3,(H,19,20). The summed E-state index contributed by atoms with van der Waals surface area (Å²) in [4.78, 5) is 6.18. The van der Waals surface area contributed by atoms with Crippen molar-refractivity contribution in [3.8, 4) is 0 Å². The molecule has 7 heteroatoms. The molecule has 1 N–H and O–H groups in total. The average molecular weight is 330 g/mol. The van der Waals surface area contributed by atoms with E-state index in [9.17, 15) is 4.39 Å². The molecule has 24 heavy (non-hydrogen) atoms. The van der Waals surface area contributed by atoms with Crippen LogP contribution in [-0.2, 0) is 13.1 Å². The molecule has 0 saturated carbocycles. The van der Waals surface area contributed by atoms with Gasteiger partial charge in [0, 0.05) is 31.1 Å². The number of hydrogen-bond donors (Lipinski definition) is 1. The molecule has 0 radical (unpaired) electrons. The van der Waals surface area contributed by atoms with Gasteiger partial charge in [-0.2, -0.15) is 0 Å². The van der Waals surface area contributed by atoms with Crippen LogP contribution in [0.4, 0.5) is 4.39 Å². The molecule has 0 aliphatic heterocycles. The van der Waals surface area contributed by atoms with Gasteiger partial charge in [0.15, 0.2) is 5.96 Å². The van der Waals surface area contributed by atoms with E-state index in [1.54, 1.807) is 13.1 Å². The minimum absolute atomic E-state index is 0.269. The Labute approximate surface area is 138 Å². The van der Waals surface area contributed by atoms with Crippen LogP contribution in [0.2, 0.25) is 0 Å². The first-order chi connectivity index (χ1) is 11.6. The maximum Gasteiger partial charge on any atom is 0.194 e. The van der Waals surface area contributed by atoms with Gasteiger partial charge in [0.25, 0.3) is 0 Å². The molecule has 0 unspecified atom stereocenters. The first-order valence-electron chi connectivity index (χ1n) is 7.57. The number of hydrogen-bond acceptors (Lipinski definition) is 4. The fourth-order valence-corrected chi connectivity index (χ4v) is 2.59. The fraction of sp³-hybridized carbons (Fsp3) is 0.294. The van der Waals surface area contributed by atoms with Gasteiger partial charge in [-0.25, -0.2) is 4.39 Å². The quantitative estimate of drug-likeness (QED) is 0.588. The van der Waals surface area contributed by atoms with Gasteiger partial charge in [0.05, 0.1) is 13.1 Å². The summed E-state index contributed by atoms with van der Waals surface area (Å²) in [7, 11) is 3.62. The van der Waals surface area contributed by atoms with E-state index in [1.165, 1.54) is 18.4 Å². The second-order valence-electron chi connectivity index (χ2n) is 5.54. The van der Waals surface area contributed by atoms with E-state index in [-0.39, 0.29) is 5.82 Å². The van der Waals surface area contributed by atoms with Crippen LogP contribution in [0, 0.1) is 12.7 Å². The number of furan rings is 1. The van der Waals surface area contributed by atoms with Gasteiger partial charge in [-0.15, -0.1) is 0 Å². The van der Waals surface area contributed by atoms with Crippen LogP contribution in [0.15, 0.2) is 44.5 Å². The maximum absolute atomic E-state index is 13.4. The van der Waals surface area contributed by atoms with Crippen LogP contribution in [0.5, 0.6) is 0 Å². The molecule has 3 rings (SSSR count). The Morgan fingerprint density at radius 1 is 1.38 bits per heavy atom. The SMILES string of the molecule is CN=C(NCc1oc2ccc(F)cc2c1C)N(C)Cc1ccon1. The molecule has 0 aliphatic carbocycles. The van der Waals surface area contributed by atoms with Crippen LogP contribution in [-0.4, -0.2) is 30.1 Å². The van der Waals surface area contributed by atoms with Gasteiger partial charge in [0.1, 0.15) is 29.1 Å². The van der Waals surface area contributed by atoms with E-state index in [1.807, 2.05) is 24.9 Å². The molecule has 2 heterocycles. The summed E-state index contributed by atoms with van der Waals surface area (Å²) in [5, 5.41) is 7.92. The second kappa shape index (κ2) is 6.74. The second-order valence-corrected chi connectivity index (χ2v) is 5.54. The third-order valence-electron chi connectivity index (χ3n) is 3.87. The van der Waals surface area contributed by atoms with Gasteiger partial charge < -0.3 is 19.2 Å². The predicted octanol–water partition coefficient (Wildman–Crippen LogP) is 3.08. The molecule has 0 spiro atoms. The molecule has 0 bridgehead atoms. The van der Waals surface area contributed by atoms with Crippen LogP contribution in [0.3, 0.4) is 0 Å². The lowest BCUT2D eigenvalue weighted by Gasteiger charge is -2.20. The monoisotopic (exact) mass is 330 g/mol. The predicted molar refractivity (Wildman–Crippen MR) is 89.1 cm³/mol. The minimum Gasteiger partial charge on any atom is -0.459 e. The highest BCUT2D eigenvalue weighted by Crippen LogP contribution is 2.25. The number of aliphatic imine (C=N–C) groups is 1. The highest BCUT2D eigenvalue weighted by atomic mass is 19.1. The van der Waals surface area contributed by atoms with Gasteiger partial charge in [0.2, 0.25) is 0 Å². The molecule has 126 valence electrons. The molecular weight excluding hydrogens is 311 g/mol. The van der Waals surface area contributed by atoms with Crippen molar-refractivity contribution in [1.29, 1.82) is 0 Å². The number of aromatic nitrogens is 1. The number of halogens is 1. The smallest absolute Gasteiger partial charge is 0.194 e. The zero-order valence-electron chi connectivity index (χ0n) is 13.8. The molecule has 0 atom stereocenters. The van der Waals surface area contributed by atoms with Gasteiger partial charge >= 0.3 is 0 Å². The molecule has 1 aromatic carbocycles. The van der Waals surface area contributed by atoms with E-state index in [0.29, 0.717) is 24.6 Å². The van der Waals surface area contributed by atoms with Crippen molar-refractivity contribution in [1.82, 2.24) is 15.4 Å². The summed E-state index contributed by atoms with van der Waals surface area (Å²) in [6, 6.07) is 6.34. The molecule has 0 amide bonds. The number of aryl methyl sites for hydroxylation is 1. The van der Waals surface area contributed by atoms with Crippen LogP contribution in [0.1, 0.15) is 17.0 Å². The summed E-state index contributed by atoms with van der Waals surface area (Å²) in [6.45, 7) is 2.95. The number of fused-ring (bicyclic) bond motifs is 1. The third-order valence-corrected chi connectivity index (χ3v) is 3.87. The van der Waals surface area contributed by atoms with Crippen molar-refractivity contribution in [2.24, 2.45) is 4.99 Å². The zero-order valence-corrected chi connectivity index (χ0v) is 13.8. The van der Waals surface area contributed by atoms with Gasteiger partial charge in [-0.05, 0) is 25.1 Å². The van der Waals surface area contributed by atoms with Crippen molar-refractivity contribution in [3.05, 3.63) is 53.4 Å². The topological polar surface area (TPSA) is 66.8 Å². The van der Waals surface area contributed by atoms with Crippen molar-refractivity contribution < 1.29 is 13.3 Å². The highest BCUT2D eigenvalue weighted by molar-refractivity contribution is 5.83. The highest BCUT2D eigenvalue weighted by Gasteiger charge is 2.13. The normalized spacial score (nSPS) is 11.9. The molecule has 0 saturated heterocycles. The zero-order chi connectivity index (χ0) is 17.1. The van der Waals surface area contributed by atoms with Crippen LogP contribution < -0.4 is 5.32 Å². The Balaban J connectivity index is 1.70. The van der Waals surface area contributed by atoms with Crippen molar-refractivity contribution >= 4 is 16.9 Å². The van der Waals surface area contributed by atoms with Crippen LogP contribution >= 0.6 is 0 Å². The number of nitrogens with zero attached hydrogens (tertiary/aromatic N) is 3. The first kappa shape index (κ1) is 16.0. The lowest BCUT2D eigenvalue weighted by atomic mass is 10.1. The van der Waals surface area contributed by atoms with E-state index < -0.39 is 0 Å². The minimum atomic E-state index is -0.269. The molecule has 0 aliphatic rings. The Morgan fingerprint density at radius 2 is 2.21 bits per heavy atom. The van der Waals surface area contributed by atoms with Gasteiger partial charge in [-0.3, -0.25) is 4.99 Å². The van der Waals surface area contributed by atoms with Crippen molar-refractivity contribution in [3.63, 3.8) is 0 Å². The average Bonchev–Trinajstić information content (AvgIpc) is 3.17. The van der Waals surface area contributed by atoms with Gasteiger partial charge in [-0.1, -0.05) is 5.16 Å². The number of guanidine groups is 1. The maximum atomic E-state index is 13.4. The molecule has 6 nitrogen and oxygen atoms in total. The summed E-state index contributed by atoms with van der Waals surface area (Å²) < 4.78 is 24.0. The fourth-order valence-electron chi connectivity index (χ4n) is 2.59. The summed E-state index contributed by atoms with van der Waals surface area (Å²) in [5.41, 5.74) is 2.42. The number of rotatable bonds is 4. The lowest BCUT2D eigenvalue weighted by Crippen LogP contribution is -2.38. The van der Waals surface area contributed by atoms with Crippen LogP contribution in [0.25, 0.3) is 11.0 Å². The number of benzene rings is 1. The molecule has 3 aromatic rings. The summed E-state index contributed by atoms with van der Waals surface area (Å²) in [6.07, 6.45) is 1.54. The first-order valence-corrected chi connectivity index (χ1v) is 7.57. The number of nitrogens with one attached hydrogen (secondary N) is 1. The summed E-state index contributed by atoms with van der Waals surface area (Å²) in [5.74, 6) is 1.18. The van der Waals surface area contributed by atoms with E-state index in [2.05, 4.69) is 15.5 Å².